The molecule has 272 valence electrons. The molecular weight excluding hydrogens is 690 g/mol. The van der Waals surface area contributed by atoms with Gasteiger partial charge in [0.2, 0.25) is 15.9 Å². The minimum absolute atomic E-state index is 0.0107. The molecule has 50 heavy (non-hydrogen) atoms. The zero-order valence-corrected chi connectivity index (χ0v) is 29.6. The Kier molecular flexibility index (Phi) is 9.46. The molecule has 0 radical (unpaired) electrons. The van der Waals surface area contributed by atoms with Crippen molar-refractivity contribution in [2.45, 2.75) is 107 Å². The predicted octanol–water partition coefficient (Wildman–Crippen LogP) is 3.28. The molecule has 0 aromatic heterocycles. The number of rotatable bonds is 6. The van der Waals surface area contributed by atoms with Gasteiger partial charge in [-0.25, -0.2) is 26.0 Å². The number of sulfonamides is 1. The molecule has 2 saturated heterocycles. The minimum Gasteiger partial charge on any atom is -0.444 e. The molecule has 0 N–H and O–H groups in total. The van der Waals surface area contributed by atoms with Crippen molar-refractivity contribution in [3.8, 4) is 0 Å². The number of Topliss-reactive ketones (excluding diaryl/α,β-unsaturated/α-hetero) is 2. The number of hydrogen-bond acceptors (Lipinski definition) is 9. The van der Waals surface area contributed by atoms with Gasteiger partial charge in [0, 0.05) is 36.9 Å². The molecule has 2 amide bonds. The number of benzene rings is 1. The Labute approximate surface area is 292 Å². The summed E-state index contributed by atoms with van der Waals surface area (Å²) in [6.45, 7) is 0.187. The molecule has 6 aliphatic rings. The zero-order chi connectivity index (χ0) is 35.4. The van der Waals surface area contributed by atoms with E-state index < -0.39 is 83.9 Å². The van der Waals surface area contributed by atoms with Crippen LogP contribution in [0.3, 0.4) is 0 Å². The maximum atomic E-state index is 14.5. The van der Waals surface area contributed by atoms with Gasteiger partial charge < -0.3 is 9.64 Å². The van der Waals surface area contributed by atoms with Gasteiger partial charge in [-0.1, -0.05) is 37.1 Å². The summed E-state index contributed by atoms with van der Waals surface area (Å²) in [5, 5.41) is -0.523. The van der Waals surface area contributed by atoms with E-state index in [1.54, 1.807) is 12.1 Å². The van der Waals surface area contributed by atoms with Crippen molar-refractivity contribution in [2.24, 2.45) is 11.3 Å². The average molecular weight is 734 g/mol. The molecule has 4 fully saturated rings. The lowest BCUT2D eigenvalue weighted by molar-refractivity contribution is -0.141. The van der Waals surface area contributed by atoms with Crippen molar-refractivity contribution in [3.05, 3.63) is 47.3 Å². The number of carbonyl (C=O) groups excluding carboxylic acids is 4. The first kappa shape index (κ1) is 35.2. The van der Waals surface area contributed by atoms with Gasteiger partial charge >= 0.3 is 6.09 Å². The van der Waals surface area contributed by atoms with Crippen LogP contribution in [0.5, 0.6) is 0 Å². The van der Waals surface area contributed by atoms with E-state index in [4.69, 9.17) is 4.74 Å². The maximum absolute atomic E-state index is 14.5. The van der Waals surface area contributed by atoms with Crippen molar-refractivity contribution in [1.82, 2.24) is 14.1 Å². The van der Waals surface area contributed by atoms with E-state index in [1.807, 2.05) is 12.2 Å². The van der Waals surface area contributed by atoms with Crippen molar-refractivity contribution >= 4 is 43.4 Å². The number of ketones is 2. The summed E-state index contributed by atoms with van der Waals surface area (Å²) in [6.07, 6.45) is 6.72. The summed E-state index contributed by atoms with van der Waals surface area (Å²) in [5.74, 6) is -2.91. The Morgan fingerprint density at radius 3 is 2.54 bits per heavy atom. The third kappa shape index (κ3) is 6.89. The van der Waals surface area contributed by atoms with Gasteiger partial charge in [0.1, 0.15) is 23.7 Å². The second-order valence-electron chi connectivity index (χ2n) is 14.9. The van der Waals surface area contributed by atoms with Crippen LogP contribution in [0.4, 0.5) is 9.18 Å². The van der Waals surface area contributed by atoms with Crippen LogP contribution in [-0.2, 0) is 52.1 Å². The summed E-state index contributed by atoms with van der Waals surface area (Å²) in [7, 11) is -7.33. The highest BCUT2D eigenvalue weighted by atomic mass is 32.2. The molecular formula is C35H44FN3O9S2. The van der Waals surface area contributed by atoms with E-state index in [2.05, 4.69) is 0 Å². The lowest BCUT2D eigenvalue weighted by atomic mass is 9.88. The number of ether oxygens (including phenoxy) is 1. The van der Waals surface area contributed by atoms with Crippen molar-refractivity contribution < 1.29 is 45.1 Å². The highest BCUT2D eigenvalue weighted by Crippen LogP contribution is 2.58. The highest BCUT2D eigenvalue weighted by Gasteiger charge is 2.61. The fraction of sp³-hybridized carbons (Fsp3) is 0.657. The number of allylic oxidation sites excluding steroid dienone is 2. The van der Waals surface area contributed by atoms with Crippen molar-refractivity contribution in [3.63, 3.8) is 0 Å². The Morgan fingerprint density at radius 2 is 1.82 bits per heavy atom. The van der Waals surface area contributed by atoms with E-state index in [0.29, 0.717) is 49.7 Å². The van der Waals surface area contributed by atoms with Gasteiger partial charge in [-0.2, -0.15) is 4.31 Å². The van der Waals surface area contributed by atoms with E-state index >= 15 is 0 Å². The monoisotopic (exact) mass is 733 g/mol. The molecule has 1 aromatic carbocycles. The van der Waals surface area contributed by atoms with Crippen LogP contribution in [-0.4, -0.2) is 103 Å². The van der Waals surface area contributed by atoms with Gasteiger partial charge in [-0.15, -0.1) is 0 Å². The maximum Gasteiger partial charge on any atom is 0.410 e. The third-order valence-corrected chi connectivity index (χ3v) is 15.5. The molecule has 15 heteroatoms. The topological polar surface area (TPSA) is 156 Å². The van der Waals surface area contributed by atoms with E-state index in [-0.39, 0.29) is 57.1 Å². The zero-order valence-electron chi connectivity index (χ0n) is 28.0. The van der Waals surface area contributed by atoms with Gasteiger partial charge in [0.05, 0.1) is 30.1 Å². The van der Waals surface area contributed by atoms with Crippen LogP contribution >= 0.6 is 0 Å². The minimum atomic E-state index is -3.70. The van der Waals surface area contributed by atoms with Crippen molar-refractivity contribution in [1.29, 1.82) is 0 Å². The van der Waals surface area contributed by atoms with Gasteiger partial charge in [-0.05, 0) is 62.5 Å². The summed E-state index contributed by atoms with van der Waals surface area (Å²) in [5.41, 5.74) is -0.148. The third-order valence-electron chi connectivity index (χ3n) is 11.4. The van der Waals surface area contributed by atoms with E-state index in [9.17, 15) is 40.4 Å². The molecule has 0 spiro atoms. The van der Waals surface area contributed by atoms with Crippen LogP contribution in [0, 0.1) is 17.2 Å². The second-order valence-corrected chi connectivity index (χ2v) is 19.2. The molecule has 5 atom stereocenters. The summed E-state index contributed by atoms with van der Waals surface area (Å²) in [6, 6.07) is 2.48. The lowest BCUT2D eigenvalue weighted by Gasteiger charge is -2.32. The molecule has 0 unspecified atom stereocenters. The fourth-order valence-electron chi connectivity index (χ4n) is 8.30. The van der Waals surface area contributed by atoms with Crippen LogP contribution in [0.15, 0.2) is 30.4 Å². The van der Waals surface area contributed by atoms with Crippen LogP contribution in [0.2, 0.25) is 0 Å². The molecule has 4 heterocycles. The predicted molar refractivity (Wildman–Crippen MR) is 179 cm³/mol. The molecule has 1 aromatic rings. The first-order valence-corrected chi connectivity index (χ1v) is 21.1. The number of carbonyl (C=O) groups is 4. The van der Waals surface area contributed by atoms with E-state index in [0.717, 1.165) is 12.8 Å². The summed E-state index contributed by atoms with van der Waals surface area (Å²) >= 11 is 0. The Morgan fingerprint density at radius 1 is 1.02 bits per heavy atom. The van der Waals surface area contributed by atoms with E-state index in [1.165, 1.54) is 20.2 Å². The summed E-state index contributed by atoms with van der Waals surface area (Å²) in [4.78, 5) is 58.5. The molecule has 0 bridgehead atoms. The number of fused-ring (bicyclic) bond motifs is 3. The largest absolute Gasteiger partial charge is 0.444 e. The average Bonchev–Trinajstić information content (AvgIpc) is 3.90. The molecule has 4 aliphatic heterocycles. The highest BCUT2D eigenvalue weighted by molar-refractivity contribution is 7.93. The quantitative estimate of drug-likeness (QED) is 0.401. The molecule has 7 rings (SSSR count). The SMILES string of the molecule is O=C1C[C@]2(C(=O)CS(=O)(=O)C3CC3)C[C@H]2/C=C\CCCCC[C@H](N2CCCS2(=O)=O)C(=O)N2C[C@H](OC(=O)N3Cc4cccc(F)c4C3)C[C@@H]12. The first-order valence-electron chi connectivity index (χ1n) is 17.8. The Balaban J connectivity index is 1.16. The van der Waals surface area contributed by atoms with Gasteiger partial charge in [0.25, 0.3) is 0 Å². The van der Waals surface area contributed by atoms with Gasteiger partial charge in [0.15, 0.2) is 21.4 Å². The molecule has 2 saturated carbocycles. The van der Waals surface area contributed by atoms with Crippen molar-refractivity contribution in [2.75, 3.05) is 24.6 Å². The van der Waals surface area contributed by atoms with Crippen LogP contribution < -0.4 is 0 Å². The Bertz CT molecular complexity index is 1830. The first-order chi connectivity index (χ1) is 23.8. The number of sulfone groups is 1. The number of amides is 2. The standard InChI is InChI=1S/C35H44FN3O9S2/c36-28-10-6-8-23-19-37(21-27(23)28)34(43)48-25-16-30-31(40)18-35(32(41)22-49(44,45)26-12-13-26)17-24(35)9-4-2-1-3-5-11-29(33(42)38(30)20-25)39-14-7-15-50(39,46)47/h4,6,8-10,24-26,29-30H,1-3,5,7,11-22H2/b9-4-/t24-,25-,29+,30+,35-/m1/s1. The van der Waals surface area contributed by atoms with Crippen LogP contribution in [0.1, 0.15) is 81.8 Å². The Hall–Kier alpha value is -3.17. The molecule has 2 aliphatic carbocycles. The van der Waals surface area contributed by atoms with Gasteiger partial charge in [-0.3, -0.25) is 19.3 Å². The summed E-state index contributed by atoms with van der Waals surface area (Å²) < 4.78 is 73.4. The molecule has 12 nitrogen and oxygen atoms in total. The van der Waals surface area contributed by atoms with Crippen LogP contribution in [0.25, 0.3) is 0 Å². The smallest absolute Gasteiger partial charge is 0.410 e. The number of nitrogens with zero attached hydrogens (tertiary/aromatic N) is 3. The normalized spacial score (nSPS) is 32.4. The fourth-order valence-corrected chi connectivity index (χ4v) is 11.8. The number of hydrogen-bond donors (Lipinski definition) is 0. The lowest BCUT2D eigenvalue weighted by Crippen LogP contribution is -2.52. The number of halogens is 1. The second kappa shape index (κ2) is 13.4.